The van der Waals surface area contributed by atoms with Crippen LogP contribution in [0, 0.1) is 13.8 Å². The number of rotatable bonds is 6. The van der Waals surface area contributed by atoms with Crippen molar-refractivity contribution in [2.75, 3.05) is 16.8 Å². The maximum Gasteiger partial charge on any atom is 0.234 e. The van der Waals surface area contributed by atoms with E-state index in [1.165, 1.54) is 17.3 Å². The lowest BCUT2D eigenvalue weighted by molar-refractivity contribution is -0.118. The van der Waals surface area contributed by atoms with E-state index in [1.54, 1.807) is 0 Å². The molecule has 0 atom stereocenters. The van der Waals surface area contributed by atoms with E-state index in [-0.39, 0.29) is 11.8 Å². The quantitative estimate of drug-likeness (QED) is 0.845. The van der Waals surface area contributed by atoms with Crippen LogP contribution in [-0.4, -0.2) is 29.4 Å². The van der Waals surface area contributed by atoms with E-state index >= 15 is 0 Å². The number of nitrogens with one attached hydrogen (secondary N) is 2. The molecule has 0 saturated heterocycles. The number of hydrogen-bond donors (Lipinski definition) is 2. The van der Waals surface area contributed by atoms with Crippen molar-refractivity contribution in [1.29, 1.82) is 0 Å². The van der Waals surface area contributed by atoms with Gasteiger partial charge < -0.3 is 10.6 Å². The summed E-state index contributed by atoms with van der Waals surface area (Å²) < 4.78 is 0. The van der Waals surface area contributed by atoms with Crippen LogP contribution in [0.2, 0.25) is 0 Å². The molecule has 1 aliphatic rings. The molecule has 1 fully saturated rings. The van der Waals surface area contributed by atoms with Crippen LogP contribution in [0.1, 0.15) is 24.0 Å². The number of carbonyl (C=O) groups is 2. The molecule has 2 N–H and O–H groups in total. The summed E-state index contributed by atoms with van der Waals surface area (Å²) in [7, 11) is 0. The lowest BCUT2D eigenvalue weighted by Gasteiger charge is -2.09. The largest absolute Gasteiger partial charge is 0.353 e. The van der Waals surface area contributed by atoms with Crippen LogP contribution in [0.25, 0.3) is 0 Å². The Morgan fingerprint density at radius 3 is 2.55 bits per heavy atom. The minimum absolute atomic E-state index is 0.0248. The number of anilines is 1. The average molecular weight is 292 g/mol. The number of carbonyl (C=O) groups excluding carboxylic acids is 2. The Balaban J connectivity index is 1.70. The molecule has 1 aliphatic carbocycles. The highest BCUT2D eigenvalue weighted by Crippen LogP contribution is 2.19. The first-order valence-electron chi connectivity index (χ1n) is 6.79. The minimum atomic E-state index is -0.0684. The number of hydrogen-bond acceptors (Lipinski definition) is 3. The summed E-state index contributed by atoms with van der Waals surface area (Å²) in [5, 5.41) is 5.77. The van der Waals surface area contributed by atoms with Gasteiger partial charge in [-0.3, -0.25) is 9.59 Å². The number of amides is 2. The van der Waals surface area contributed by atoms with Gasteiger partial charge in [-0.05, 0) is 38.3 Å². The molecule has 4 nitrogen and oxygen atoms in total. The Morgan fingerprint density at radius 1 is 1.20 bits per heavy atom. The molecule has 0 bridgehead atoms. The second-order valence-corrected chi connectivity index (χ2v) is 6.19. The highest BCUT2D eigenvalue weighted by Gasteiger charge is 2.22. The van der Waals surface area contributed by atoms with Crippen molar-refractivity contribution in [3.63, 3.8) is 0 Å². The van der Waals surface area contributed by atoms with Crippen LogP contribution in [0.5, 0.6) is 0 Å². The van der Waals surface area contributed by atoms with E-state index in [1.807, 2.05) is 32.0 Å². The Morgan fingerprint density at radius 2 is 1.90 bits per heavy atom. The fraction of sp³-hybridized carbons (Fsp3) is 0.467. The molecule has 2 rings (SSSR count). The van der Waals surface area contributed by atoms with Crippen molar-refractivity contribution in [2.45, 2.75) is 32.7 Å². The van der Waals surface area contributed by atoms with Crippen LogP contribution < -0.4 is 10.6 Å². The summed E-state index contributed by atoms with van der Waals surface area (Å²) in [5.41, 5.74) is 3.06. The fourth-order valence-electron chi connectivity index (χ4n) is 1.87. The van der Waals surface area contributed by atoms with Gasteiger partial charge in [0.15, 0.2) is 0 Å². The zero-order valence-corrected chi connectivity index (χ0v) is 12.7. The molecule has 20 heavy (non-hydrogen) atoms. The van der Waals surface area contributed by atoms with Crippen molar-refractivity contribution >= 4 is 29.3 Å². The van der Waals surface area contributed by atoms with Crippen molar-refractivity contribution in [3.05, 3.63) is 29.3 Å². The molecule has 0 aromatic heterocycles. The van der Waals surface area contributed by atoms with E-state index < -0.39 is 0 Å². The third kappa shape index (κ3) is 4.89. The normalized spacial score (nSPS) is 13.9. The van der Waals surface area contributed by atoms with Gasteiger partial charge in [0.2, 0.25) is 11.8 Å². The Hall–Kier alpha value is -1.49. The molecule has 1 aromatic carbocycles. The summed E-state index contributed by atoms with van der Waals surface area (Å²) in [6, 6.07) is 6.30. The molecule has 0 heterocycles. The van der Waals surface area contributed by atoms with Gasteiger partial charge in [0, 0.05) is 11.7 Å². The predicted molar refractivity (Wildman–Crippen MR) is 83.0 cm³/mol. The third-order valence-corrected chi connectivity index (χ3v) is 4.00. The summed E-state index contributed by atoms with van der Waals surface area (Å²) in [4.78, 5) is 23.3. The van der Waals surface area contributed by atoms with Gasteiger partial charge in [-0.1, -0.05) is 17.7 Å². The van der Waals surface area contributed by atoms with Crippen LogP contribution in [0.15, 0.2) is 18.2 Å². The summed E-state index contributed by atoms with van der Waals surface area (Å²) in [6.07, 6.45) is 2.17. The van der Waals surface area contributed by atoms with E-state index in [9.17, 15) is 9.59 Å². The van der Waals surface area contributed by atoms with Crippen LogP contribution >= 0.6 is 11.8 Å². The van der Waals surface area contributed by atoms with Gasteiger partial charge >= 0.3 is 0 Å². The van der Waals surface area contributed by atoms with E-state index in [0.717, 1.165) is 24.1 Å². The van der Waals surface area contributed by atoms with E-state index in [4.69, 9.17) is 0 Å². The minimum Gasteiger partial charge on any atom is -0.353 e. The molecule has 1 saturated carbocycles. The monoisotopic (exact) mass is 292 g/mol. The summed E-state index contributed by atoms with van der Waals surface area (Å²) >= 11 is 1.34. The van der Waals surface area contributed by atoms with Crippen LogP contribution in [0.4, 0.5) is 5.69 Å². The lowest BCUT2D eigenvalue weighted by Crippen LogP contribution is -2.27. The average Bonchev–Trinajstić information content (AvgIpc) is 3.16. The molecular weight excluding hydrogens is 272 g/mol. The standard InChI is InChI=1S/C15H20N2O2S/c1-10-3-6-13(11(2)7-10)17-15(19)9-20-8-14(18)16-12-4-5-12/h3,6-7,12H,4-5,8-9H2,1-2H3,(H,16,18)(H,17,19). The second kappa shape index (κ2) is 6.79. The molecule has 2 amide bonds. The first-order valence-corrected chi connectivity index (χ1v) is 7.94. The number of thioether (sulfide) groups is 1. The highest BCUT2D eigenvalue weighted by molar-refractivity contribution is 8.00. The van der Waals surface area contributed by atoms with Gasteiger partial charge in [0.1, 0.15) is 0 Å². The molecule has 0 aliphatic heterocycles. The molecule has 0 radical (unpaired) electrons. The highest BCUT2D eigenvalue weighted by atomic mass is 32.2. The smallest absolute Gasteiger partial charge is 0.234 e. The van der Waals surface area contributed by atoms with Crippen LogP contribution in [0.3, 0.4) is 0 Å². The maximum atomic E-state index is 11.8. The predicted octanol–water partition coefficient (Wildman–Crippen LogP) is 2.25. The fourth-order valence-corrected chi connectivity index (χ4v) is 2.50. The summed E-state index contributed by atoms with van der Waals surface area (Å²) in [5.74, 6) is 0.598. The Labute approximate surface area is 123 Å². The van der Waals surface area contributed by atoms with Gasteiger partial charge in [-0.15, -0.1) is 11.8 Å². The van der Waals surface area contributed by atoms with E-state index in [0.29, 0.717) is 17.5 Å². The van der Waals surface area contributed by atoms with E-state index in [2.05, 4.69) is 10.6 Å². The molecule has 0 unspecified atom stereocenters. The zero-order chi connectivity index (χ0) is 14.5. The molecular formula is C15H20N2O2S. The Bertz CT molecular complexity index is 513. The first-order chi connectivity index (χ1) is 9.54. The van der Waals surface area contributed by atoms with Crippen molar-refractivity contribution in [3.8, 4) is 0 Å². The maximum absolute atomic E-state index is 11.8. The van der Waals surface area contributed by atoms with Gasteiger partial charge in [-0.2, -0.15) is 0 Å². The topological polar surface area (TPSA) is 58.2 Å². The number of aryl methyl sites for hydroxylation is 2. The molecule has 108 valence electrons. The van der Waals surface area contributed by atoms with Gasteiger partial charge in [0.05, 0.1) is 11.5 Å². The third-order valence-electron chi connectivity index (χ3n) is 3.06. The van der Waals surface area contributed by atoms with Crippen molar-refractivity contribution < 1.29 is 9.59 Å². The number of benzene rings is 1. The summed E-state index contributed by atoms with van der Waals surface area (Å²) in [6.45, 7) is 3.99. The zero-order valence-electron chi connectivity index (χ0n) is 11.9. The van der Waals surface area contributed by atoms with Crippen LogP contribution in [-0.2, 0) is 9.59 Å². The molecule has 5 heteroatoms. The SMILES string of the molecule is Cc1ccc(NC(=O)CSCC(=O)NC2CC2)c(C)c1. The second-order valence-electron chi connectivity index (χ2n) is 5.20. The van der Waals surface area contributed by atoms with Gasteiger partial charge in [-0.25, -0.2) is 0 Å². The van der Waals surface area contributed by atoms with Crippen molar-refractivity contribution in [1.82, 2.24) is 5.32 Å². The van der Waals surface area contributed by atoms with Crippen molar-refractivity contribution in [2.24, 2.45) is 0 Å². The molecule has 1 aromatic rings. The first kappa shape index (κ1) is 14.9. The Kier molecular flexibility index (Phi) is 5.06. The molecule has 0 spiro atoms. The lowest BCUT2D eigenvalue weighted by atomic mass is 10.1. The van der Waals surface area contributed by atoms with Gasteiger partial charge in [0.25, 0.3) is 0 Å².